The van der Waals surface area contributed by atoms with E-state index in [2.05, 4.69) is 10.3 Å². The molecule has 26 heavy (non-hydrogen) atoms. The second-order valence-electron chi connectivity index (χ2n) is 6.40. The molecule has 5 heteroatoms. The van der Waals surface area contributed by atoms with Gasteiger partial charge in [0.15, 0.2) is 5.82 Å². The Kier molecular flexibility index (Phi) is 4.35. The summed E-state index contributed by atoms with van der Waals surface area (Å²) < 4.78 is 0. The molecule has 1 aliphatic carbocycles. The van der Waals surface area contributed by atoms with Gasteiger partial charge in [-0.3, -0.25) is 4.79 Å². The number of hydrogen-bond acceptors (Lipinski definition) is 4. The zero-order valence-corrected chi connectivity index (χ0v) is 14.2. The Morgan fingerprint density at radius 3 is 2.65 bits per heavy atom. The molecular formula is C21H19N3O2. The zero-order chi connectivity index (χ0) is 17.9. The average Bonchev–Trinajstić information content (AvgIpc) is 2.69. The summed E-state index contributed by atoms with van der Waals surface area (Å²) in [6, 6.07) is 16.3. The van der Waals surface area contributed by atoms with Crippen LogP contribution in [0.2, 0.25) is 0 Å². The third-order valence-corrected chi connectivity index (χ3v) is 4.67. The maximum absolute atomic E-state index is 12.5. The van der Waals surface area contributed by atoms with Crippen LogP contribution in [0.4, 0.5) is 0 Å². The molecule has 0 bridgehead atoms. The first-order valence-electron chi connectivity index (χ1n) is 8.72. The number of fused-ring (bicyclic) bond motifs is 1. The van der Waals surface area contributed by atoms with Crippen molar-refractivity contribution in [3.05, 3.63) is 77.6 Å². The van der Waals surface area contributed by atoms with Gasteiger partial charge in [0.05, 0.1) is 11.6 Å². The molecule has 0 radical (unpaired) electrons. The van der Waals surface area contributed by atoms with E-state index in [9.17, 15) is 9.90 Å². The first-order valence-corrected chi connectivity index (χ1v) is 8.72. The van der Waals surface area contributed by atoms with Gasteiger partial charge in [-0.15, -0.1) is 0 Å². The van der Waals surface area contributed by atoms with E-state index in [1.807, 2.05) is 36.5 Å². The number of benzene rings is 2. The van der Waals surface area contributed by atoms with Crippen LogP contribution in [-0.4, -0.2) is 21.0 Å². The van der Waals surface area contributed by atoms with Crippen LogP contribution in [0.3, 0.4) is 0 Å². The van der Waals surface area contributed by atoms with Crippen molar-refractivity contribution in [2.75, 3.05) is 0 Å². The highest BCUT2D eigenvalue weighted by atomic mass is 16.3. The monoisotopic (exact) mass is 345 g/mol. The number of aryl methyl sites for hydroxylation is 1. The summed E-state index contributed by atoms with van der Waals surface area (Å²) in [6.45, 7) is 0. The summed E-state index contributed by atoms with van der Waals surface area (Å²) in [5, 5.41) is 12.9. The first-order chi connectivity index (χ1) is 12.7. The normalized spacial score (nSPS) is 15.9. The van der Waals surface area contributed by atoms with Crippen LogP contribution in [0.15, 0.2) is 60.8 Å². The van der Waals surface area contributed by atoms with E-state index in [0.717, 1.165) is 36.1 Å². The van der Waals surface area contributed by atoms with Gasteiger partial charge in [0.1, 0.15) is 5.75 Å². The van der Waals surface area contributed by atoms with Crippen molar-refractivity contribution in [2.24, 2.45) is 0 Å². The summed E-state index contributed by atoms with van der Waals surface area (Å²) in [5.74, 6) is 0.404. The lowest BCUT2D eigenvalue weighted by Gasteiger charge is -2.25. The summed E-state index contributed by atoms with van der Waals surface area (Å²) in [4.78, 5) is 21.7. The largest absolute Gasteiger partial charge is 0.507 e. The van der Waals surface area contributed by atoms with E-state index in [4.69, 9.17) is 4.98 Å². The molecular weight excluding hydrogens is 326 g/mol. The molecule has 0 aliphatic heterocycles. The number of nitrogens with one attached hydrogen (secondary N) is 1. The smallest absolute Gasteiger partial charge is 0.255 e. The quantitative estimate of drug-likeness (QED) is 0.760. The number of carbonyl (C=O) groups excluding carboxylic acids is 1. The number of phenolic OH excluding ortho intramolecular Hbond substituents is 1. The third-order valence-electron chi connectivity index (χ3n) is 4.67. The fourth-order valence-electron chi connectivity index (χ4n) is 3.32. The Morgan fingerprint density at radius 2 is 1.85 bits per heavy atom. The van der Waals surface area contributed by atoms with Crippen LogP contribution < -0.4 is 5.32 Å². The van der Waals surface area contributed by atoms with Crippen molar-refractivity contribution in [3.63, 3.8) is 0 Å². The molecule has 4 rings (SSSR count). The van der Waals surface area contributed by atoms with Crippen molar-refractivity contribution in [1.29, 1.82) is 0 Å². The maximum Gasteiger partial charge on any atom is 0.255 e. The molecule has 1 heterocycles. The molecule has 1 aliphatic rings. The molecule has 0 saturated heterocycles. The Morgan fingerprint density at radius 1 is 1.08 bits per heavy atom. The number of nitrogens with zero attached hydrogens (tertiary/aromatic N) is 2. The van der Waals surface area contributed by atoms with Crippen LogP contribution in [-0.2, 0) is 6.42 Å². The summed E-state index contributed by atoms with van der Waals surface area (Å²) in [7, 11) is 0. The molecule has 0 unspecified atom stereocenters. The molecule has 1 aromatic heterocycles. The van der Waals surface area contributed by atoms with E-state index in [1.54, 1.807) is 18.2 Å². The van der Waals surface area contributed by atoms with Crippen LogP contribution in [0.1, 0.15) is 40.5 Å². The molecule has 5 nitrogen and oxygen atoms in total. The maximum atomic E-state index is 12.5. The highest BCUT2D eigenvalue weighted by Gasteiger charge is 2.25. The number of aromatic nitrogens is 2. The fourth-order valence-corrected chi connectivity index (χ4v) is 3.32. The van der Waals surface area contributed by atoms with Gasteiger partial charge in [0, 0.05) is 23.0 Å². The number of aromatic hydroxyl groups is 1. The summed E-state index contributed by atoms with van der Waals surface area (Å²) in [6.07, 6.45) is 4.48. The number of phenols is 1. The zero-order valence-electron chi connectivity index (χ0n) is 14.2. The summed E-state index contributed by atoms with van der Waals surface area (Å²) >= 11 is 0. The van der Waals surface area contributed by atoms with E-state index in [1.165, 1.54) is 6.07 Å². The van der Waals surface area contributed by atoms with Gasteiger partial charge in [-0.2, -0.15) is 0 Å². The van der Waals surface area contributed by atoms with Gasteiger partial charge in [0.2, 0.25) is 0 Å². The number of para-hydroxylation sites is 1. The van der Waals surface area contributed by atoms with Gasteiger partial charge in [0.25, 0.3) is 5.91 Å². The minimum atomic E-state index is -0.284. The number of hydrogen-bond donors (Lipinski definition) is 2. The van der Waals surface area contributed by atoms with Crippen molar-refractivity contribution in [3.8, 4) is 17.1 Å². The van der Waals surface area contributed by atoms with Crippen LogP contribution >= 0.6 is 0 Å². The molecule has 2 aromatic carbocycles. The lowest BCUT2D eigenvalue weighted by atomic mass is 9.92. The Bertz CT molecular complexity index is 941. The lowest BCUT2D eigenvalue weighted by Crippen LogP contribution is -2.31. The Labute approximate surface area is 151 Å². The highest BCUT2D eigenvalue weighted by Crippen LogP contribution is 2.30. The topological polar surface area (TPSA) is 75.1 Å². The standard InChI is InChI=1S/C21H19N3O2/c25-19-12-5-4-9-15(19)21(26)24-18-11-6-10-17-16(18)13-22-20(23-17)14-7-2-1-3-8-14/h1-5,7-9,12-13,18,25H,6,10-11H2,(H,24,26)/t18-/m1/s1. The molecule has 1 amide bonds. The fraction of sp³-hybridized carbons (Fsp3) is 0.190. The van der Waals surface area contributed by atoms with E-state index in [0.29, 0.717) is 5.82 Å². The van der Waals surface area contributed by atoms with Gasteiger partial charge in [-0.1, -0.05) is 42.5 Å². The van der Waals surface area contributed by atoms with E-state index >= 15 is 0 Å². The minimum absolute atomic E-state index is 0.0169. The lowest BCUT2D eigenvalue weighted by molar-refractivity contribution is 0.0930. The first kappa shape index (κ1) is 16.3. The molecule has 1 atom stereocenters. The molecule has 130 valence electrons. The van der Waals surface area contributed by atoms with Gasteiger partial charge >= 0.3 is 0 Å². The van der Waals surface area contributed by atoms with Crippen LogP contribution in [0.25, 0.3) is 11.4 Å². The Hall–Kier alpha value is -3.21. The number of carbonyl (C=O) groups is 1. The third kappa shape index (κ3) is 3.16. The predicted octanol–water partition coefficient (Wildman–Crippen LogP) is 3.66. The van der Waals surface area contributed by atoms with Gasteiger partial charge < -0.3 is 10.4 Å². The number of rotatable bonds is 3. The highest BCUT2D eigenvalue weighted by molar-refractivity contribution is 5.97. The van der Waals surface area contributed by atoms with Crippen molar-refractivity contribution < 1.29 is 9.90 Å². The van der Waals surface area contributed by atoms with Crippen molar-refractivity contribution >= 4 is 5.91 Å². The molecule has 0 spiro atoms. The van der Waals surface area contributed by atoms with Crippen molar-refractivity contribution in [1.82, 2.24) is 15.3 Å². The minimum Gasteiger partial charge on any atom is -0.507 e. The second-order valence-corrected chi connectivity index (χ2v) is 6.40. The summed E-state index contributed by atoms with van der Waals surface area (Å²) in [5.41, 5.74) is 3.20. The molecule has 0 saturated carbocycles. The van der Waals surface area contributed by atoms with Gasteiger partial charge in [-0.05, 0) is 31.4 Å². The van der Waals surface area contributed by atoms with Crippen molar-refractivity contribution in [2.45, 2.75) is 25.3 Å². The number of amides is 1. The predicted molar refractivity (Wildman–Crippen MR) is 98.7 cm³/mol. The molecule has 0 fully saturated rings. The Balaban J connectivity index is 1.60. The molecule has 3 aromatic rings. The van der Waals surface area contributed by atoms with Crippen LogP contribution in [0.5, 0.6) is 5.75 Å². The average molecular weight is 345 g/mol. The van der Waals surface area contributed by atoms with Gasteiger partial charge in [-0.25, -0.2) is 9.97 Å². The van der Waals surface area contributed by atoms with Crippen LogP contribution in [0, 0.1) is 0 Å². The molecule has 2 N–H and O–H groups in total. The SMILES string of the molecule is O=C(N[C@@H]1CCCc2nc(-c3ccccc3)ncc21)c1ccccc1O. The van der Waals surface area contributed by atoms with E-state index < -0.39 is 0 Å². The second kappa shape index (κ2) is 6.96. The van der Waals surface area contributed by atoms with E-state index in [-0.39, 0.29) is 23.3 Å².